The molecule has 4 heteroatoms. The first kappa shape index (κ1) is 6.84. The smallest absolute Gasteiger partial charge is 0.185 e. The summed E-state index contributed by atoms with van der Waals surface area (Å²) in [5.74, 6) is 0.407. The highest BCUT2D eigenvalue weighted by atomic mass is 16.3. The highest BCUT2D eigenvalue weighted by Crippen LogP contribution is 2.25. The number of hydrogen-bond donors (Lipinski definition) is 1. The van der Waals surface area contributed by atoms with E-state index < -0.39 is 0 Å². The minimum atomic E-state index is 0.00111. The Morgan fingerprint density at radius 2 is 2.08 bits per heavy atom. The van der Waals surface area contributed by atoms with E-state index >= 15 is 0 Å². The van der Waals surface area contributed by atoms with Crippen LogP contribution in [-0.4, -0.2) is 15.1 Å². The fourth-order valence-electron chi connectivity index (χ4n) is 0.844. The first-order chi connectivity index (χ1) is 5.88. The fraction of sp³-hybridized carbons (Fsp3) is 0. The molecule has 0 saturated heterocycles. The van der Waals surface area contributed by atoms with E-state index in [-0.39, 0.29) is 5.75 Å². The molecular formula is C8H5N2O2. The molecule has 1 radical (unpaired) electrons. The van der Waals surface area contributed by atoms with E-state index in [0.717, 1.165) is 0 Å². The van der Waals surface area contributed by atoms with Gasteiger partial charge in [0.15, 0.2) is 17.8 Å². The highest BCUT2D eigenvalue weighted by molar-refractivity contribution is 5.60. The Bertz CT molecular complexity index is 370. The van der Waals surface area contributed by atoms with Gasteiger partial charge in [-0.05, 0) is 6.07 Å². The van der Waals surface area contributed by atoms with Gasteiger partial charge in [0.2, 0.25) is 0 Å². The van der Waals surface area contributed by atoms with E-state index in [2.05, 4.69) is 20.6 Å². The van der Waals surface area contributed by atoms with Gasteiger partial charge in [0.25, 0.3) is 0 Å². The van der Waals surface area contributed by atoms with Crippen LogP contribution < -0.4 is 0 Å². The van der Waals surface area contributed by atoms with Crippen molar-refractivity contribution in [3.63, 3.8) is 0 Å². The van der Waals surface area contributed by atoms with E-state index in [1.165, 1.54) is 6.26 Å². The van der Waals surface area contributed by atoms with Crippen LogP contribution in [0.5, 0.6) is 5.75 Å². The summed E-state index contributed by atoms with van der Waals surface area (Å²) in [6, 6.07) is 1.70. The molecule has 2 aromatic heterocycles. The van der Waals surface area contributed by atoms with E-state index in [4.69, 9.17) is 0 Å². The summed E-state index contributed by atoms with van der Waals surface area (Å²) in [5.41, 5.74) is 0.385. The molecule has 0 aromatic carbocycles. The molecule has 0 unspecified atom stereocenters. The first-order valence-corrected chi connectivity index (χ1v) is 3.33. The van der Waals surface area contributed by atoms with Gasteiger partial charge in [0.1, 0.15) is 11.8 Å². The van der Waals surface area contributed by atoms with Crippen molar-refractivity contribution in [1.29, 1.82) is 0 Å². The van der Waals surface area contributed by atoms with Crippen LogP contribution >= 0.6 is 0 Å². The van der Waals surface area contributed by atoms with Crippen LogP contribution in [0.3, 0.4) is 0 Å². The Labute approximate surface area is 68.5 Å². The standard InChI is InChI=1S/C8H5N2O2/c11-7-5-12-4-6(7)8-9-2-1-3-10-8/h1-3,5,11H. The molecule has 0 spiro atoms. The van der Waals surface area contributed by atoms with Crippen LogP contribution in [-0.2, 0) is 0 Å². The van der Waals surface area contributed by atoms with E-state index in [0.29, 0.717) is 11.4 Å². The SMILES string of the molecule is Oc1co[c]c1-c1ncccn1. The lowest BCUT2D eigenvalue weighted by molar-refractivity contribution is 0.458. The lowest BCUT2D eigenvalue weighted by atomic mass is 10.3. The van der Waals surface area contributed by atoms with Crippen molar-refractivity contribution in [2.75, 3.05) is 0 Å². The van der Waals surface area contributed by atoms with Crippen molar-refractivity contribution in [2.45, 2.75) is 0 Å². The second kappa shape index (κ2) is 2.65. The van der Waals surface area contributed by atoms with Gasteiger partial charge < -0.3 is 9.52 Å². The lowest BCUT2D eigenvalue weighted by Gasteiger charge is -1.92. The third-order valence-corrected chi connectivity index (χ3v) is 1.38. The van der Waals surface area contributed by atoms with Gasteiger partial charge in [-0.2, -0.15) is 0 Å². The zero-order valence-electron chi connectivity index (χ0n) is 6.06. The van der Waals surface area contributed by atoms with Crippen molar-refractivity contribution < 1.29 is 9.52 Å². The monoisotopic (exact) mass is 161 g/mol. The lowest BCUT2D eigenvalue weighted by Crippen LogP contribution is -1.84. The van der Waals surface area contributed by atoms with Gasteiger partial charge in [-0.1, -0.05) is 0 Å². The molecule has 2 heterocycles. The molecule has 0 aliphatic heterocycles. The van der Waals surface area contributed by atoms with Gasteiger partial charge in [-0.3, -0.25) is 0 Å². The Balaban J connectivity index is 2.51. The van der Waals surface area contributed by atoms with Crippen LogP contribution in [0, 0.1) is 6.26 Å². The number of rotatable bonds is 1. The molecule has 4 nitrogen and oxygen atoms in total. The first-order valence-electron chi connectivity index (χ1n) is 3.33. The molecule has 0 aliphatic rings. The van der Waals surface area contributed by atoms with Crippen LogP contribution in [0.4, 0.5) is 0 Å². The van der Waals surface area contributed by atoms with Gasteiger partial charge in [0.05, 0.1) is 0 Å². The predicted octanol–water partition coefficient (Wildman–Crippen LogP) is 1.24. The van der Waals surface area contributed by atoms with E-state index in [1.807, 2.05) is 0 Å². The predicted molar refractivity (Wildman–Crippen MR) is 40.2 cm³/mol. The maximum Gasteiger partial charge on any atom is 0.185 e. The zero-order chi connectivity index (χ0) is 8.39. The van der Waals surface area contributed by atoms with Crippen molar-refractivity contribution in [1.82, 2.24) is 9.97 Å². The second-order valence-electron chi connectivity index (χ2n) is 2.17. The Hall–Kier alpha value is -1.84. The van der Waals surface area contributed by atoms with Crippen molar-refractivity contribution in [3.05, 3.63) is 31.0 Å². The molecule has 0 saturated carbocycles. The number of hydrogen-bond acceptors (Lipinski definition) is 4. The molecule has 1 N–H and O–H groups in total. The summed E-state index contributed by atoms with van der Waals surface area (Å²) in [6.45, 7) is 0. The molecule has 12 heavy (non-hydrogen) atoms. The van der Waals surface area contributed by atoms with E-state index in [1.54, 1.807) is 18.5 Å². The van der Waals surface area contributed by atoms with E-state index in [9.17, 15) is 5.11 Å². The Morgan fingerprint density at radius 3 is 2.67 bits per heavy atom. The molecule has 2 aromatic rings. The van der Waals surface area contributed by atoms with Gasteiger partial charge in [-0.15, -0.1) is 0 Å². The minimum absolute atomic E-state index is 0.00111. The highest BCUT2D eigenvalue weighted by Gasteiger charge is 2.08. The quantitative estimate of drug-likeness (QED) is 0.683. The van der Waals surface area contributed by atoms with Crippen LogP contribution in [0.15, 0.2) is 29.1 Å². The third-order valence-electron chi connectivity index (χ3n) is 1.38. The normalized spacial score (nSPS) is 10.0. The second-order valence-corrected chi connectivity index (χ2v) is 2.17. The number of nitrogens with zero attached hydrogens (tertiary/aromatic N) is 2. The molecule has 2 rings (SSSR count). The van der Waals surface area contributed by atoms with Crippen LogP contribution in [0.1, 0.15) is 0 Å². The maximum absolute atomic E-state index is 9.20. The van der Waals surface area contributed by atoms with Gasteiger partial charge in [0, 0.05) is 12.4 Å². The Morgan fingerprint density at radius 1 is 1.33 bits per heavy atom. The fourth-order valence-corrected chi connectivity index (χ4v) is 0.844. The van der Waals surface area contributed by atoms with Crippen molar-refractivity contribution >= 4 is 0 Å². The average Bonchev–Trinajstić information content (AvgIpc) is 2.53. The molecule has 0 amide bonds. The number of aromatic hydroxyl groups is 1. The summed E-state index contributed by atoms with van der Waals surface area (Å²) < 4.78 is 4.64. The summed E-state index contributed by atoms with van der Waals surface area (Å²) in [5, 5.41) is 9.20. The van der Waals surface area contributed by atoms with Crippen molar-refractivity contribution in [3.8, 4) is 17.1 Å². The zero-order valence-corrected chi connectivity index (χ0v) is 6.06. The molecule has 0 bridgehead atoms. The summed E-state index contributed by atoms with van der Waals surface area (Å²) in [7, 11) is 0. The molecule has 0 aliphatic carbocycles. The summed E-state index contributed by atoms with van der Waals surface area (Å²) in [6.07, 6.45) is 6.83. The average molecular weight is 161 g/mol. The largest absolute Gasteiger partial charge is 0.504 e. The molecular weight excluding hydrogens is 156 g/mol. The van der Waals surface area contributed by atoms with Crippen LogP contribution in [0.2, 0.25) is 0 Å². The summed E-state index contributed by atoms with van der Waals surface area (Å²) >= 11 is 0. The van der Waals surface area contributed by atoms with Gasteiger partial charge >= 0.3 is 0 Å². The summed E-state index contributed by atoms with van der Waals surface area (Å²) in [4.78, 5) is 7.84. The minimum Gasteiger partial charge on any atom is -0.504 e. The van der Waals surface area contributed by atoms with Crippen LogP contribution in [0.25, 0.3) is 11.4 Å². The molecule has 0 fully saturated rings. The number of furan rings is 1. The van der Waals surface area contributed by atoms with Crippen molar-refractivity contribution in [2.24, 2.45) is 0 Å². The number of aromatic nitrogens is 2. The topological polar surface area (TPSA) is 59.2 Å². The van der Waals surface area contributed by atoms with Gasteiger partial charge in [-0.25, -0.2) is 9.97 Å². The third kappa shape index (κ3) is 1.03. The Kier molecular flexibility index (Phi) is 1.51. The molecule has 0 atom stereocenters. The molecule has 59 valence electrons. The maximum atomic E-state index is 9.20.